The summed E-state index contributed by atoms with van der Waals surface area (Å²) in [7, 11) is 0. The third kappa shape index (κ3) is 2.14. The van der Waals surface area contributed by atoms with Crippen molar-refractivity contribution in [2.24, 2.45) is 0 Å². The number of nitrogens with one attached hydrogen (secondary N) is 1. The molecule has 4 nitrogen and oxygen atoms in total. The fourth-order valence-corrected chi connectivity index (χ4v) is 2.69. The molecule has 0 saturated carbocycles. The highest BCUT2D eigenvalue weighted by Gasteiger charge is 2.30. The van der Waals surface area contributed by atoms with Crippen molar-refractivity contribution < 1.29 is 9.59 Å². The zero-order valence-electron chi connectivity index (χ0n) is 8.57. The number of rotatable bonds is 3. The lowest BCUT2D eigenvalue weighted by Crippen LogP contribution is -2.20. The van der Waals surface area contributed by atoms with Gasteiger partial charge in [-0.1, -0.05) is 6.07 Å². The molecule has 2 rings (SSSR count). The topological polar surface area (TPSA) is 70.0 Å². The van der Waals surface area contributed by atoms with E-state index in [0.717, 1.165) is 0 Å². The molecule has 1 heterocycles. The average molecular weight is 267 g/mol. The minimum atomic E-state index is -0.438. The normalized spacial score (nSPS) is 15.1. The van der Waals surface area contributed by atoms with E-state index in [1.54, 1.807) is 18.2 Å². The second-order valence-corrected chi connectivity index (χ2v) is 4.91. The predicted molar refractivity (Wildman–Crippen MR) is 64.2 cm³/mol. The van der Waals surface area contributed by atoms with Crippen molar-refractivity contribution >= 4 is 35.2 Å². The molecule has 0 bridgehead atoms. The van der Waals surface area contributed by atoms with E-state index in [4.69, 9.17) is 16.9 Å². The van der Waals surface area contributed by atoms with Crippen LogP contribution in [0.3, 0.4) is 0 Å². The van der Waals surface area contributed by atoms with Gasteiger partial charge in [-0.15, -0.1) is 23.4 Å². The largest absolute Gasteiger partial charge is 0.288 e. The fourth-order valence-electron chi connectivity index (χ4n) is 1.53. The van der Waals surface area contributed by atoms with Crippen LogP contribution in [0.1, 0.15) is 20.7 Å². The van der Waals surface area contributed by atoms with Crippen LogP contribution >= 0.6 is 23.4 Å². The van der Waals surface area contributed by atoms with Gasteiger partial charge in [-0.05, 0) is 12.1 Å². The lowest BCUT2D eigenvalue weighted by Gasteiger charge is -2.07. The predicted octanol–water partition coefficient (Wildman–Crippen LogP) is 1.79. The van der Waals surface area contributed by atoms with Gasteiger partial charge in [0.15, 0.2) is 0 Å². The van der Waals surface area contributed by atoms with Gasteiger partial charge in [0.1, 0.15) is 5.25 Å². The van der Waals surface area contributed by atoms with Crippen molar-refractivity contribution in [2.45, 2.75) is 10.1 Å². The molecule has 1 aromatic rings. The Morgan fingerprint density at radius 2 is 2.18 bits per heavy atom. The summed E-state index contributed by atoms with van der Waals surface area (Å²) >= 11 is 6.82. The van der Waals surface area contributed by atoms with Gasteiger partial charge in [0, 0.05) is 10.8 Å². The number of nitrogens with zero attached hydrogens (tertiary/aromatic N) is 1. The highest BCUT2D eigenvalue weighted by atomic mass is 35.5. The molecule has 1 aliphatic rings. The molecule has 1 aromatic carbocycles. The minimum absolute atomic E-state index is 0.167. The maximum atomic E-state index is 11.6. The van der Waals surface area contributed by atoms with Gasteiger partial charge in [0.25, 0.3) is 11.8 Å². The van der Waals surface area contributed by atoms with Crippen molar-refractivity contribution in [1.29, 1.82) is 5.26 Å². The molecule has 2 amide bonds. The Hall–Kier alpha value is -1.51. The quantitative estimate of drug-likeness (QED) is 0.514. The summed E-state index contributed by atoms with van der Waals surface area (Å²) in [6.07, 6.45) is 0. The van der Waals surface area contributed by atoms with E-state index in [1.807, 2.05) is 6.07 Å². The van der Waals surface area contributed by atoms with Crippen molar-refractivity contribution in [3.63, 3.8) is 0 Å². The minimum Gasteiger partial charge on any atom is -0.288 e. The van der Waals surface area contributed by atoms with Crippen molar-refractivity contribution in [2.75, 3.05) is 5.88 Å². The zero-order chi connectivity index (χ0) is 12.4. The van der Waals surface area contributed by atoms with Crippen molar-refractivity contribution in [3.8, 4) is 6.07 Å². The Bertz CT molecular complexity index is 539. The Labute approximate surface area is 107 Å². The van der Waals surface area contributed by atoms with Crippen molar-refractivity contribution in [3.05, 3.63) is 29.3 Å². The first-order valence-electron chi connectivity index (χ1n) is 4.78. The molecule has 1 unspecified atom stereocenters. The molecular weight excluding hydrogens is 260 g/mol. The number of hydrogen-bond donors (Lipinski definition) is 1. The van der Waals surface area contributed by atoms with Gasteiger partial charge >= 0.3 is 0 Å². The number of thioether (sulfide) groups is 1. The van der Waals surface area contributed by atoms with Gasteiger partial charge in [0.2, 0.25) is 0 Å². The molecular formula is C11H7ClN2O2S. The zero-order valence-corrected chi connectivity index (χ0v) is 10.1. The van der Waals surface area contributed by atoms with E-state index in [1.165, 1.54) is 11.8 Å². The van der Waals surface area contributed by atoms with E-state index in [0.29, 0.717) is 16.0 Å². The molecule has 0 spiro atoms. The first-order valence-corrected chi connectivity index (χ1v) is 6.19. The Morgan fingerprint density at radius 1 is 1.41 bits per heavy atom. The maximum absolute atomic E-state index is 11.6. The number of carbonyl (C=O) groups excluding carboxylic acids is 2. The number of halogens is 1. The highest BCUT2D eigenvalue weighted by molar-refractivity contribution is 8.00. The van der Waals surface area contributed by atoms with E-state index in [9.17, 15) is 9.59 Å². The number of hydrogen-bond acceptors (Lipinski definition) is 4. The van der Waals surface area contributed by atoms with Crippen LogP contribution in [-0.4, -0.2) is 22.9 Å². The van der Waals surface area contributed by atoms with E-state index >= 15 is 0 Å². The Kier molecular flexibility index (Phi) is 3.36. The molecule has 0 radical (unpaired) electrons. The summed E-state index contributed by atoms with van der Waals surface area (Å²) in [6.45, 7) is 0. The lowest BCUT2D eigenvalue weighted by molar-refractivity contribution is 0.0879. The first kappa shape index (κ1) is 12.0. The SMILES string of the molecule is N#CC(CCl)Sc1cccc2c1C(=O)NC2=O. The second kappa shape index (κ2) is 4.78. The molecule has 17 heavy (non-hydrogen) atoms. The highest BCUT2D eigenvalue weighted by Crippen LogP contribution is 2.31. The molecule has 1 atom stereocenters. The summed E-state index contributed by atoms with van der Waals surface area (Å²) in [5.74, 6) is -0.647. The molecule has 0 saturated heterocycles. The number of imide groups is 1. The van der Waals surface area contributed by atoms with Gasteiger partial charge in [-0.25, -0.2) is 0 Å². The van der Waals surface area contributed by atoms with Crippen molar-refractivity contribution in [1.82, 2.24) is 5.32 Å². The van der Waals surface area contributed by atoms with E-state index in [-0.39, 0.29) is 5.88 Å². The lowest BCUT2D eigenvalue weighted by atomic mass is 10.1. The molecule has 0 fully saturated rings. The van der Waals surface area contributed by atoms with Gasteiger partial charge < -0.3 is 0 Å². The average Bonchev–Trinajstić information content (AvgIpc) is 2.63. The monoisotopic (exact) mass is 266 g/mol. The standard InChI is InChI=1S/C11H7ClN2O2S/c12-4-6(5-13)17-8-3-1-2-7-9(8)11(16)14-10(7)15/h1-3,6H,4H2,(H,14,15,16). The molecule has 1 N–H and O–H groups in total. The summed E-state index contributed by atoms with van der Waals surface area (Å²) in [5, 5.41) is 10.6. The number of benzene rings is 1. The summed E-state index contributed by atoms with van der Waals surface area (Å²) in [6, 6.07) is 7.01. The summed E-state index contributed by atoms with van der Waals surface area (Å²) in [5.41, 5.74) is 0.694. The summed E-state index contributed by atoms with van der Waals surface area (Å²) in [4.78, 5) is 23.6. The summed E-state index contributed by atoms with van der Waals surface area (Å²) < 4.78 is 0. The number of fused-ring (bicyclic) bond motifs is 1. The van der Waals surface area contributed by atoms with Crippen LogP contribution in [0, 0.1) is 11.3 Å². The van der Waals surface area contributed by atoms with Crippen LogP contribution in [0.5, 0.6) is 0 Å². The number of amides is 2. The third-order valence-electron chi connectivity index (χ3n) is 2.28. The van der Waals surface area contributed by atoms with E-state index in [2.05, 4.69) is 5.32 Å². The number of nitriles is 1. The Morgan fingerprint density at radius 3 is 2.82 bits per heavy atom. The molecule has 0 aromatic heterocycles. The van der Waals surface area contributed by atoms with Crippen LogP contribution in [0.15, 0.2) is 23.1 Å². The van der Waals surface area contributed by atoms with Crippen LogP contribution in [0.25, 0.3) is 0 Å². The van der Waals surface area contributed by atoms with Gasteiger partial charge in [-0.3, -0.25) is 14.9 Å². The molecule has 86 valence electrons. The fraction of sp³-hybridized carbons (Fsp3) is 0.182. The molecule has 1 aliphatic heterocycles. The molecule has 0 aliphatic carbocycles. The maximum Gasteiger partial charge on any atom is 0.260 e. The smallest absolute Gasteiger partial charge is 0.260 e. The first-order chi connectivity index (χ1) is 8.17. The van der Waals surface area contributed by atoms with Gasteiger partial charge in [0.05, 0.1) is 17.2 Å². The number of alkyl halides is 1. The van der Waals surface area contributed by atoms with Crippen LogP contribution in [-0.2, 0) is 0 Å². The Balaban J connectivity index is 2.41. The second-order valence-electron chi connectivity index (χ2n) is 3.35. The van der Waals surface area contributed by atoms with Crippen LogP contribution < -0.4 is 5.32 Å². The third-order valence-corrected chi connectivity index (χ3v) is 3.92. The molecule has 6 heteroatoms. The van der Waals surface area contributed by atoms with Gasteiger partial charge in [-0.2, -0.15) is 5.26 Å². The number of carbonyl (C=O) groups is 2. The van der Waals surface area contributed by atoms with E-state index < -0.39 is 17.1 Å². The van der Waals surface area contributed by atoms with Crippen LogP contribution in [0.4, 0.5) is 0 Å². The van der Waals surface area contributed by atoms with Crippen LogP contribution in [0.2, 0.25) is 0 Å².